The molecule has 1 heterocycles. The van der Waals surface area contributed by atoms with Gasteiger partial charge in [-0.1, -0.05) is 18.2 Å². The van der Waals surface area contributed by atoms with Gasteiger partial charge in [-0.15, -0.1) is 0 Å². The molecular weight excluding hydrogens is 312 g/mol. The van der Waals surface area contributed by atoms with Crippen molar-refractivity contribution in [1.82, 2.24) is 4.90 Å². The minimum atomic E-state index is -0.0474. The van der Waals surface area contributed by atoms with Crippen LogP contribution in [0.4, 0.5) is 5.69 Å². The van der Waals surface area contributed by atoms with Gasteiger partial charge in [0.1, 0.15) is 0 Å². The van der Waals surface area contributed by atoms with E-state index >= 15 is 0 Å². The Bertz CT molecular complexity index is 541. The van der Waals surface area contributed by atoms with Crippen LogP contribution in [0.1, 0.15) is 52.0 Å². The average Bonchev–Trinajstić information content (AvgIpc) is 2.54. The zero-order chi connectivity index (χ0) is 17.9. The van der Waals surface area contributed by atoms with Crippen LogP contribution in [-0.4, -0.2) is 47.4 Å². The fourth-order valence-corrected chi connectivity index (χ4v) is 3.87. The number of hydrogen-bond donors (Lipinski definition) is 2. The van der Waals surface area contributed by atoms with Crippen molar-refractivity contribution in [2.75, 3.05) is 25.0 Å². The number of aliphatic hydroxyl groups excluding tert-OH is 1. The lowest BCUT2D eigenvalue weighted by Gasteiger charge is -2.40. The van der Waals surface area contributed by atoms with Gasteiger partial charge in [-0.25, -0.2) is 0 Å². The first-order valence-corrected chi connectivity index (χ1v) is 9.78. The van der Waals surface area contributed by atoms with Crippen molar-refractivity contribution in [1.29, 1.82) is 0 Å². The van der Waals surface area contributed by atoms with Crippen LogP contribution in [0.2, 0.25) is 0 Å². The first kappa shape index (κ1) is 18.7. The van der Waals surface area contributed by atoms with Crippen LogP contribution in [0.3, 0.4) is 0 Å². The lowest BCUT2D eigenvalue weighted by molar-refractivity contribution is -0.0953. The first-order valence-electron chi connectivity index (χ1n) is 9.78. The maximum absolute atomic E-state index is 9.30. The van der Waals surface area contributed by atoms with Crippen LogP contribution < -0.4 is 5.32 Å². The molecule has 2 fully saturated rings. The van der Waals surface area contributed by atoms with E-state index in [1.54, 1.807) is 0 Å². The smallest absolute Gasteiger partial charge is 0.0621 e. The molecule has 25 heavy (non-hydrogen) atoms. The summed E-state index contributed by atoms with van der Waals surface area (Å²) in [4.78, 5) is 2.51. The summed E-state index contributed by atoms with van der Waals surface area (Å²) in [5, 5.41) is 13.0. The lowest BCUT2D eigenvalue weighted by Crippen LogP contribution is -2.44. The molecule has 0 bridgehead atoms. The highest BCUT2D eigenvalue weighted by molar-refractivity contribution is 5.52. The number of nitrogens with zero attached hydrogens (tertiary/aromatic N) is 1. The molecule has 1 saturated heterocycles. The van der Waals surface area contributed by atoms with Gasteiger partial charge in [-0.2, -0.15) is 0 Å². The van der Waals surface area contributed by atoms with E-state index in [-0.39, 0.29) is 5.60 Å². The summed E-state index contributed by atoms with van der Waals surface area (Å²) in [6.07, 6.45) is 4.80. The van der Waals surface area contributed by atoms with Crippen LogP contribution >= 0.6 is 0 Å². The van der Waals surface area contributed by atoms with Crippen molar-refractivity contribution < 1.29 is 9.84 Å². The van der Waals surface area contributed by atoms with E-state index in [2.05, 4.69) is 55.3 Å². The van der Waals surface area contributed by atoms with E-state index in [1.165, 1.54) is 11.3 Å². The molecule has 1 aromatic rings. The minimum absolute atomic E-state index is 0.0474. The quantitative estimate of drug-likeness (QED) is 0.825. The van der Waals surface area contributed by atoms with Crippen molar-refractivity contribution in [2.24, 2.45) is 5.92 Å². The van der Waals surface area contributed by atoms with Crippen LogP contribution in [0.5, 0.6) is 0 Å². The van der Waals surface area contributed by atoms with Gasteiger partial charge >= 0.3 is 0 Å². The molecule has 1 aliphatic heterocycles. The number of likely N-dealkylation sites (tertiary alicyclic amines) is 1. The van der Waals surface area contributed by atoms with Gasteiger partial charge in [0.25, 0.3) is 0 Å². The maximum atomic E-state index is 9.30. The Morgan fingerprint density at radius 1 is 1.16 bits per heavy atom. The molecular formula is C21H34N2O2. The molecule has 0 unspecified atom stereocenters. The third kappa shape index (κ3) is 5.44. The molecule has 4 nitrogen and oxygen atoms in total. The average molecular weight is 347 g/mol. The standard InChI is InChI=1S/C21H34N2O2/c1-21(2,3)25-19-12-18(13-19)22-20-7-5-4-6-17(20)14-23-10-8-16(15-24)9-11-23/h4-7,16,18-19,22,24H,8-15H2,1-3H3. The second-order valence-corrected chi connectivity index (χ2v) is 8.72. The molecule has 4 heteroatoms. The van der Waals surface area contributed by atoms with Crippen LogP contribution in [-0.2, 0) is 11.3 Å². The Labute approximate surface area is 152 Å². The Kier molecular flexibility index (Phi) is 6.03. The maximum Gasteiger partial charge on any atom is 0.0621 e. The highest BCUT2D eigenvalue weighted by Crippen LogP contribution is 2.31. The summed E-state index contributed by atoms with van der Waals surface area (Å²) in [7, 11) is 0. The summed E-state index contributed by atoms with van der Waals surface area (Å²) in [5.74, 6) is 0.499. The Morgan fingerprint density at radius 3 is 2.48 bits per heavy atom. The molecule has 2 N–H and O–H groups in total. The second-order valence-electron chi connectivity index (χ2n) is 8.72. The summed E-state index contributed by atoms with van der Waals surface area (Å²) < 4.78 is 6.05. The van der Waals surface area contributed by atoms with Crippen molar-refractivity contribution >= 4 is 5.69 Å². The minimum Gasteiger partial charge on any atom is -0.396 e. The van der Waals surface area contributed by atoms with Crippen molar-refractivity contribution in [2.45, 2.75) is 70.7 Å². The highest BCUT2D eigenvalue weighted by atomic mass is 16.5. The van der Waals surface area contributed by atoms with E-state index in [0.717, 1.165) is 45.3 Å². The molecule has 0 radical (unpaired) electrons. The molecule has 0 atom stereocenters. The molecule has 0 spiro atoms. The zero-order valence-electron chi connectivity index (χ0n) is 16.0. The topological polar surface area (TPSA) is 44.7 Å². The molecule has 140 valence electrons. The van der Waals surface area contributed by atoms with Gasteiger partial charge < -0.3 is 15.2 Å². The van der Waals surface area contributed by atoms with Gasteiger partial charge in [-0.05, 0) is 77.1 Å². The predicted octanol–water partition coefficient (Wildman–Crippen LogP) is 3.65. The van der Waals surface area contributed by atoms with Crippen molar-refractivity contribution in [3.05, 3.63) is 29.8 Å². The fraction of sp³-hybridized carbons (Fsp3) is 0.714. The third-order valence-corrected chi connectivity index (χ3v) is 5.35. The Hall–Kier alpha value is -1.10. The van der Waals surface area contributed by atoms with Gasteiger partial charge in [0.2, 0.25) is 0 Å². The van der Waals surface area contributed by atoms with E-state index < -0.39 is 0 Å². The molecule has 2 aliphatic rings. The molecule has 0 amide bonds. The molecule has 1 saturated carbocycles. The zero-order valence-corrected chi connectivity index (χ0v) is 16.0. The Morgan fingerprint density at radius 2 is 1.84 bits per heavy atom. The number of ether oxygens (including phenoxy) is 1. The summed E-state index contributed by atoms with van der Waals surface area (Å²) in [6, 6.07) is 9.21. The molecule has 3 rings (SSSR count). The number of benzene rings is 1. The van der Waals surface area contributed by atoms with E-state index in [1.807, 2.05) is 0 Å². The number of aliphatic hydroxyl groups is 1. The normalized spacial score (nSPS) is 25.6. The number of hydrogen-bond acceptors (Lipinski definition) is 4. The highest BCUT2D eigenvalue weighted by Gasteiger charge is 2.33. The lowest BCUT2D eigenvalue weighted by atomic mass is 9.88. The Balaban J connectivity index is 1.50. The third-order valence-electron chi connectivity index (χ3n) is 5.35. The SMILES string of the molecule is CC(C)(C)OC1CC(Nc2ccccc2CN2CCC(CO)CC2)C1. The van der Waals surface area contributed by atoms with Gasteiger partial charge in [-0.3, -0.25) is 4.90 Å². The second kappa shape index (κ2) is 8.07. The largest absolute Gasteiger partial charge is 0.396 e. The number of anilines is 1. The number of rotatable bonds is 6. The van der Waals surface area contributed by atoms with Crippen molar-refractivity contribution in [3.8, 4) is 0 Å². The van der Waals surface area contributed by atoms with Gasteiger partial charge in [0.15, 0.2) is 0 Å². The van der Waals surface area contributed by atoms with Crippen LogP contribution in [0, 0.1) is 5.92 Å². The molecule has 1 aliphatic carbocycles. The first-order chi connectivity index (χ1) is 11.9. The van der Waals surface area contributed by atoms with Crippen LogP contribution in [0.15, 0.2) is 24.3 Å². The predicted molar refractivity (Wildman–Crippen MR) is 103 cm³/mol. The van der Waals surface area contributed by atoms with E-state index in [9.17, 15) is 5.11 Å². The summed E-state index contributed by atoms with van der Waals surface area (Å²) in [6.45, 7) is 9.89. The fourth-order valence-electron chi connectivity index (χ4n) is 3.87. The number of para-hydroxylation sites is 1. The molecule has 1 aromatic carbocycles. The monoisotopic (exact) mass is 346 g/mol. The molecule has 0 aromatic heterocycles. The van der Waals surface area contributed by atoms with E-state index in [0.29, 0.717) is 24.7 Å². The summed E-state index contributed by atoms with van der Waals surface area (Å²) in [5.41, 5.74) is 2.60. The van der Waals surface area contributed by atoms with Gasteiger partial charge in [0, 0.05) is 24.9 Å². The van der Waals surface area contributed by atoms with E-state index in [4.69, 9.17) is 4.74 Å². The van der Waals surface area contributed by atoms with Gasteiger partial charge in [0.05, 0.1) is 11.7 Å². The number of piperidine rings is 1. The van der Waals surface area contributed by atoms with Crippen LogP contribution in [0.25, 0.3) is 0 Å². The summed E-state index contributed by atoms with van der Waals surface area (Å²) >= 11 is 0. The van der Waals surface area contributed by atoms with Crippen molar-refractivity contribution in [3.63, 3.8) is 0 Å². The number of nitrogens with one attached hydrogen (secondary N) is 1.